The molecule has 0 aliphatic rings. The summed E-state index contributed by atoms with van der Waals surface area (Å²) in [6.45, 7) is 0.207. The Morgan fingerprint density at radius 2 is 2.17 bits per heavy atom. The van der Waals surface area contributed by atoms with Crippen LogP contribution in [-0.4, -0.2) is 29.1 Å². The first-order valence-electron chi connectivity index (χ1n) is 5.72. The first-order chi connectivity index (χ1) is 8.69. The lowest BCUT2D eigenvalue weighted by molar-refractivity contribution is -0.120. The number of aromatic nitrogens is 1. The van der Waals surface area contributed by atoms with Crippen LogP contribution in [0.15, 0.2) is 30.3 Å². The van der Waals surface area contributed by atoms with Gasteiger partial charge < -0.3 is 16.2 Å². The van der Waals surface area contributed by atoms with Gasteiger partial charge in [-0.3, -0.25) is 9.78 Å². The molecular weight excluding hydrogens is 230 g/mol. The van der Waals surface area contributed by atoms with Gasteiger partial charge in [0.1, 0.15) is 0 Å². The number of nitrogens with two attached hydrogens (primary N) is 1. The molecule has 0 saturated carbocycles. The number of anilines is 1. The number of carbonyl (C=O) groups is 1. The van der Waals surface area contributed by atoms with Crippen LogP contribution in [0, 0.1) is 0 Å². The topological polar surface area (TPSA) is 88.2 Å². The molecule has 0 aliphatic carbocycles. The Morgan fingerprint density at radius 3 is 2.94 bits per heavy atom. The second-order valence-electron chi connectivity index (χ2n) is 4.01. The highest BCUT2D eigenvalue weighted by atomic mass is 16.3. The number of amides is 1. The van der Waals surface area contributed by atoms with Gasteiger partial charge in [0.2, 0.25) is 5.91 Å². The number of aliphatic hydroxyl groups is 1. The van der Waals surface area contributed by atoms with Gasteiger partial charge in [-0.1, -0.05) is 6.07 Å². The van der Waals surface area contributed by atoms with Gasteiger partial charge in [0, 0.05) is 17.6 Å². The van der Waals surface area contributed by atoms with E-state index in [2.05, 4.69) is 10.3 Å². The number of benzene rings is 1. The zero-order valence-electron chi connectivity index (χ0n) is 9.89. The number of aliphatic hydroxyl groups excluding tert-OH is 1. The standard InChI is InChI=1S/C13H15N3O2/c14-10-2-4-12-9(7-10)1-3-11(16-12)8-13(18)15-5-6-17/h1-4,7,17H,5-6,8,14H2,(H,15,18). The maximum Gasteiger partial charge on any atom is 0.226 e. The monoisotopic (exact) mass is 245 g/mol. The molecule has 1 aromatic carbocycles. The molecule has 4 N–H and O–H groups in total. The summed E-state index contributed by atoms with van der Waals surface area (Å²) in [6.07, 6.45) is 0.209. The van der Waals surface area contributed by atoms with Gasteiger partial charge in [0.25, 0.3) is 0 Å². The van der Waals surface area contributed by atoms with E-state index in [0.717, 1.165) is 10.9 Å². The van der Waals surface area contributed by atoms with Crippen LogP contribution in [-0.2, 0) is 11.2 Å². The lowest BCUT2D eigenvalue weighted by Gasteiger charge is -2.04. The minimum atomic E-state index is -0.147. The summed E-state index contributed by atoms with van der Waals surface area (Å²) >= 11 is 0. The maximum atomic E-state index is 11.5. The van der Waals surface area contributed by atoms with E-state index in [4.69, 9.17) is 10.8 Å². The SMILES string of the molecule is Nc1ccc2nc(CC(=O)NCCO)ccc2c1. The fraction of sp³-hybridized carbons (Fsp3) is 0.231. The van der Waals surface area contributed by atoms with E-state index >= 15 is 0 Å². The van der Waals surface area contributed by atoms with Crippen LogP contribution in [0.25, 0.3) is 10.9 Å². The van der Waals surface area contributed by atoms with E-state index in [1.807, 2.05) is 18.2 Å². The zero-order chi connectivity index (χ0) is 13.0. The number of nitrogens with zero attached hydrogens (tertiary/aromatic N) is 1. The highest BCUT2D eigenvalue weighted by molar-refractivity contribution is 5.83. The molecule has 1 aromatic heterocycles. The number of nitrogen functional groups attached to an aromatic ring is 1. The van der Waals surface area contributed by atoms with E-state index in [-0.39, 0.29) is 25.5 Å². The molecule has 1 heterocycles. The Hall–Kier alpha value is -2.14. The Balaban J connectivity index is 2.15. The summed E-state index contributed by atoms with van der Waals surface area (Å²) in [5, 5.41) is 12.1. The molecule has 2 aromatic rings. The van der Waals surface area contributed by atoms with E-state index in [9.17, 15) is 4.79 Å². The molecule has 1 amide bonds. The van der Waals surface area contributed by atoms with E-state index < -0.39 is 0 Å². The number of carbonyl (C=O) groups excluding carboxylic acids is 1. The zero-order valence-corrected chi connectivity index (χ0v) is 9.89. The first-order valence-corrected chi connectivity index (χ1v) is 5.72. The van der Waals surface area contributed by atoms with Crippen LogP contribution >= 0.6 is 0 Å². The maximum absolute atomic E-state index is 11.5. The summed E-state index contributed by atoms with van der Waals surface area (Å²) in [5.74, 6) is -0.147. The lowest BCUT2D eigenvalue weighted by Crippen LogP contribution is -2.28. The van der Waals surface area contributed by atoms with Crippen LogP contribution in [0.1, 0.15) is 5.69 Å². The van der Waals surface area contributed by atoms with Crippen LogP contribution in [0.3, 0.4) is 0 Å². The quantitative estimate of drug-likeness (QED) is 0.683. The second-order valence-corrected chi connectivity index (χ2v) is 4.01. The molecule has 18 heavy (non-hydrogen) atoms. The molecule has 0 radical (unpaired) electrons. The molecule has 0 unspecified atom stereocenters. The number of rotatable bonds is 4. The molecule has 0 atom stereocenters. The average molecular weight is 245 g/mol. The van der Waals surface area contributed by atoms with Crippen molar-refractivity contribution in [1.29, 1.82) is 0 Å². The summed E-state index contributed by atoms with van der Waals surface area (Å²) in [7, 11) is 0. The van der Waals surface area contributed by atoms with Gasteiger partial charge in [-0.05, 0) is 24.3 Å². The average Bonchev–Trinajstić information content (AvgIpc) is 2.36. The molecule has 0 fully saturated rings. The predicted octanol–water partition coefficient (Wildman–Crippen LogP) is 0.468. The normalized spacial score (nSPS) is 10.5. The highest BCUT2D eigenvalue weighted by Crippen LogP contribution is 2.16. The van der Waals surface area contributed by atoms with Crippen molar-refractivity contribution in [1.82, 2.24) is 10.3 Å². The molecule has 0 spiro atoms. The smallest absolute Gasteiger partial charge is 0.226 e. The van der Waals surface area contributed by atoms with Gasteiger partial charge in [-0.15, -0.1) is 0 Å². The number of fused-ring (bicyclic) bond motifs is 1. The Kier molecular flexibility index (Phi) is 3.74. The predicted molar refractivity (Wildman–Crippen MR) is 70.0 cm³/mol. The van der Waals surface area contributed by atoms with Gasteiger partial charge in [-0.25, -0.2) is 0 Å². The molecule has 0 saturated heterocycles. The Labute approximate surface area is 105 Å². The Bertz CT molecular complexity index is 569. The molecule has 2 rings (SSSR count). The molecule has 0 aliphatic heterocycles. The van der Waals surface area contributed by atoms with Gasteiger partial charge in [-0.2, -0.15) is 0 Å². The summed E-state index contributed by atoms with van der Waals surface area (Å²) in [6, 6.07) is 9.16. The number of hydrogen-bond donors (Lipinski definition) is 3. The summed E-state index contributed by atoms with van der Waals surface area (Å²) < 4.78 is 0. The number of pyridine rings is 1. The minimum absolute atomic E-state index is 0.0594. The third-order valence-corrected chi connectivity index (χ3v) is 2.55. The van der Waals surface area contributed by atoms with Crippen molar-refractivity contribution in [2.24, 2.45) is 0 Å². The third-order valence-electron chi connectivity index (χ3n) is 2.55. The molecule has 5 nitrogen and oxygen atoms in total. The van der Waals surface area contributed by atoms with Gasteiger partial charge in [0.15, 0.2) is 0 Å². The van der Waals surface area contributed by atoms with Crippen molar-refractivity contribution in [2.45, 2.75) is 6.42 Å². The van der Waals surface area contributed by atoms with Crippen LogP contribution in [0.2, 0.25) is 0 Å². The lowest BCUT2D eigenvalue weighted by atomic mass is 10.1. The minimum Gasteiger partial charge on any atom is -0.399 e. The highest BCUT2D eigenvalue weighted by Gasteiger charge is 2.05. The fourth-order valence-electron chi connectivity index (χ4n) is 1.71. The van der Waals surface area contributed by atoms with Crippen molar-refractivity contribution in [3.05, 3.63) is 36.0 Å². The number of hydrogen-bond acceptors (Lipinski definition) is 4. The van der Waals surface area contributed by atoms with Crippen LogP contribution in [0.5, 0.6) is 0 Å². The second kappa shape index (κ2) is 5.46. The molecule has 0 bridgehead atoms. The van der Waals surface area contributed by atoms with Crippen molar-refractivity contribution in [2.75, 3.05) is 18.9 Å². The molecule has 94 valence electrons. The van der Waals surface area contributed by atoms with Crippen molar-refractivity contribution in [3.63, 3.8) is 0 Å². The fourth-order valence-corrected chi connectivity index (χ4v) is 1.71. The van der Waals surface area contributed by atoms with E-state index in [1.165, 1.54) is 0 Å². The Morgan fingerprint density at radius 1 is 1.33 bits per heavy atom. The molecular formula is C13H15N3O2. The van der Waals surface area contributed by atoms with Crippen LogP contribution in [0.4, 0.5) is 5.69 Å². The van der Waals surface area contributed by atoms with Crippen molar-refractivity contribution >= 4 is 22.5 Å². The van der Waals surface area contributed by atoms with E-state index in [1.54, 1.807) is 12.1 Å². The van der Waals surface area contributed by atoms with Crippen LogP contribution < -0.4 is 11.1 Å². The first kappa shape index (κ1) is 12.3. The van der Waals surface area contributed by atoms with Gasteiger partial charge >= 0.3 is 0 Å². The molecule has 5 heteroatoms. The van der Waals surface area contributed by atoms with Gasteiger partial charge in [0.05, 0.1) is 24.2 Å². The van der Waals surface area contributed by atoms with Crippen molar-refractivity contribution in [3.8, 4) is 0 Å². The summed E-state index contributed by atoms with van der Waals surface area (Å²) in [5.41, 5.74) is 7.89. The van der Waals surface area contributed by atoms with E-state index in [0.29, 0.717) is 11.4 Å². The number of nitrogens with one attached hydrogen (secondary N) is 1. The summed E-state index contributed by atoms with van der Waals surface area (Å²) in [4.78, 5) is 15.9. The third kappa shape index (κ3) is 2.95. The van der Waals surface area contributed by atoms with Crippen molar-refractivity contribution < 1.29 is 9.90 Å². The largest absolute Gasteiger partial charge is 0.399 e.